The van der Waals surface area contributed by atoms with E-state index in [1.54, 1.807) is 0 Å². The average Bonchev–Trinajstić information content (AvgIpc) is 3.48. The number of carbonyl (C=O) groups excluding carboxylic acids is 2. The summed E-state index contributed by atoms with van der Waals surface area (Å²) in [4.78, 5) is 33.0. The lowest BCUT2D eigenvalue weighted by atomic mass is 9.57. The van der Waals surface area contributed by atoms with Gasteiger partial charge in [-0.15, -0.1) is 0 Å². The van der Waals surface area contributed by atoms with E-state index in [9.17, 15) is 5.11 Å². The van der Waals surface area contributed by atoms with Crippen LogP contribution in [0.2, 0.25) is 18.1 Å². The van der Waals surface area contributed by atoms with Crippen LogP contribution in [0.25, 0.3) is 16.5 Å². The molecule has 7 rings (SSSR count). The molecule has 8 nitrogen and oxygen atoms in total. The van der Waals surface area contributed by atoms with Crippen molar-refractivity contribution in [2.45, 2.75) is 96.7 Å². The molecule has 268 valence electrons. The minimum absolute atomic E-state index is 0.0333. The van der Waals surface area contributed by atoms with Crippen LogP contribution < -0.4 is 4.74 Å². The zero-order chi connectivity index (χ0) is 36.6. The summed E-state index contributed by atoms with van der Waals surface area (Å²) < 4.78 is 19.4. The monoisotopic (exact) mass is 706 g/mol. The Hall–Kier alpha value is -4.05. The van der Waals surface area contributed by atoms with E-state index >= 15 is 9.59 Å². The molecule has 0 bridgehead atoms. The molecule has 0 spiro atoms. The summed E-state index contributed by atoms with van der Waals surface area (Å²) >= 11 is 0. The molecule has 9 heteroatoms. The van der Waals surface area contributed by atoms with Crippen molar-refractivity contribution in [2.75, 3.05) is 14.1 Å². The molecule has 0 unspecified atom stereocenters. The summed E-state index contributed by atoms with van der Waals surface area (Å²) in [6.07, 6.45) is 3.02. The van der Waals surface area contributed by atoms with E-state index in [1.807, 2.05) is 56.3 Å². The highest BCUT2D eigenvalue weighted by molar-refractivity contribution is 6.74. The lowest BCUT2D eigenvalue weighted by Crippen LogP contribution is -2.68. The van der Waals surface area contributed by atoms with Crippen LogP contribution in [0.3, 0.4) is 0 Å². The van der Waals surface area contributed by atoms with Crippen molar-refractivity contribution in [3.63, 3.8) is 0 Å². The van der Waals surface area contributed by atoms with E-state index in [1.165, 1.54) is 5.56 Å². The minimum Gasteiger partial charge on any atom is -0.507 e. The van der Waals surface area contributed by atoms with Crippen molar-refractivity contribution in [2.24, 2.45) is 11.8 Å². The third-order valence-corrected chi connectivity index (χ3v) is 16.4. The van der Waals surface area contributed by atoms with Gasteiger partial charge in [0.1, 0.15) is 17.9 Å². The van der Waals surface area contributed by atoms with Crippen molar-refractivity contribution in [3.8, 4) is 5.88 Å². The van der Waals surface area contributed by atoms with E-state index in [0.29, 0.717) is 29.7 Å². The summed E-state index contributed by atoms with van der Waals surface area (Å²) in [5.41, 5.74) is 3.33. The van der Waals surface area contributed by atoms with Crippen molar-refractivity contribution < 1.29 is 28.4 Å². The molecule has 51 heavy (non-hydrogen) atoms. The van der Waals surface area contributed by atoms with Crippen LogP contribution in [0.1, 0.15) is 90.5 Å². The van der Waals surface area contributed by atoms with Crippen molar-refractivity contribution in [1.29, 1.82) is 0 Å². The van der Waals surface area contributed by atoms with Gasteiger partial charge in [0, 0.05) is 17.1 Å². The molecule has 4 aromatic rings. The molecule has 3 aliphatic carbocycles. The molecule has 0 radical (unpaired) electrons. The summed E-state index contributed by atoms with van der Waals surface area (Å²) in [7, 11) is 1.05. The third-order valence-electron chi connectivity index (χ3n) is 12.0. The number of Topliss-reactive ketones (excluding diaryl/α,β-unsaturated/α-hetero) is 2. The maximum Gasteiger partial charge on any atom is 0.265 e. The number of nitrogens with zero attached hydrogens (tertiary/aromatic N) is 2. The van der Waals surface area contributed by atoms with Gasteiger partial charge < -0.3 is 18.8 Å². The van der Waals surface area contributed by atoms with Crippen LogP contribution >= 0.6 is 0 Å². The van der Waals surface area contributed by atoms with E-state index in [0.717, 1.165) is 40.3 Å². The summed E-state index contributed by atoms with van der Waals surface area (Å²) in [6, 6.07) is 17.9. The number of ether oxygens (including phenoxy) is 1. The Labute approximate surface area is 301 Å². The average molecular weight is 707 g/mol. The maximum absolute atomic E-state index is 15.6. The van der Waals surface area contributed by atoms with Crippen LogP contribution in [0.4, 0.5) is 0 Å². The lowest BCUT2D eigenvalue weighted by molar-refractivity contribution is -0.140. The van der Waals surface area contributed by atoms with Gasteiger partial charge in [-0.1, -0.05) is 88.7 Å². The molecule has 1 saturated carbocycles. The Balaban J connectivity index is 1.43. The Morgan fingerprint density at radius 3 is 2.41 bits per heavy atom. The van der Waals surface area contributed by atoms with E-state index < -0.39 is 37.4 Å². The number of aromatic nitrogens is 1. The smallest absolute Gasteiger partial charge is 0.265 e. The second kappa shape index (κ2) is 12.6. The Morgan fingerprint density at radius 2 is 1.75 bits per heavy atom. The van der Waals surface area contributed by atoms with Gasteiger partial charge in [0.05, 0.1) is 6.04 Å². The Bertz CT molecular complexity index is 2070. The second-order valence-electron chi connectivity index (χ2n) is 16.5. The fourth-order valence-electron chi connectivity index (χ4n) is 8.49. The number of hydrogen-bond donors (Lipinski definition) is 1. The van der Waals surface area contributed by atoms with Crippen LogP contribution in [0.5, 0.6) is 5.88 Å². The predicted molar refractivity (Wildman–Crippen MR) is 202 cm³/mol. The highest BCUT2D eigenvalue weighted by Gasteiger charge is 2.68. The number of ketones is 2. The van der Waals surface area contributed by atoms with Gasteiger partial charge >= 0.3 is 0 Å². The molecule has 1 heterocycles. The predicted octanol–water partition coefficient (Wildman–Crippen LogP) is 8.96. The Morgan fingerprint density at radius 1 is 1.02 bits per heavy atom. The molecule has 4 atom stereocenters. The number of aliphatic hydroxyl groups is 1. The number of fused-ring (bicyclic) bond motifs is 5. The van der Waals surface area contributed by atoms with Gasteiger partial charge in [-0.25, -0.2) is 0 Å². The first-order chi connectivity index (χ1) is 24.1. The first kappa shape index (κ1) is 35.4. The molecule has 0 aliphatic heterocycles. The van der Waals surface area contributed by atoms with Gasteiger partial charge in [-0.05, 0) is 103 Å². The highest BCUT2D eigenvalue weighted by Crippen LogP contribution is 2.59. The first-order valence-corrected chi connectivity index (χ1v) is 21.1. The van der Waals surface area contributed by atoms with Gasteiger partial charge in [-0.3, -0.25) is 14.5 Å². The molecular weight excluding hydrogens is 657 g/mol. The maximum atomic E-state index is 15.6. The van der Waals surface area contributed by atoms with Crippen LogP contribution in [-0.2, 0) is 28.7 Å². The number of carbonyl (C=O) groups is 2. The first-order valence-electron chi connectivity index (χ1n) is 18.2. The lowest BCUT2D eigenvalue weighted by Gasteiger charge is -2.55. The number of aryl methyl sites for hydroxylation is 2. The van der Waals surface area contributed by atoms with Gasteiger partial charge in [0.2, 0.25) is 11.6 Å². The molecule has 0 saturated heterocycles. The number of hydrogen-bond acceptors (Lipinski definition) is 8. The van der Waals surface area contributed by atoms with Gasteiger partial charge in [0.25, 0.3) is 5.88 Å². The summed E-state index contributed by atoms with van der Waals surface area (Å²) in [5, 5.41) is 18.5. The molecule has 1 aromatic heterocycles. The SMILES string of the molecule is CCCc1ccc2cc3c(c(C)c2c1)C(O)=C1C(=O)[C@]2(O[Si](C)(C)C(C)(C)C)C(=O)c4c(OCc5ccccc5)noc4[C@@H](N(C)C)[C@@H]2C[C@@H]1C3. The normalized spacial score (nSPS) is 23.3. The Kier molecular flexibility index (Phi) is 8.71. The molecule has 3 aliphatic rings. The van der Waals surface area contributed by atoms with Crippen LogP contribution in [0, 0.1) is 18.8 Å². The van der Waals surface area contributed by atoms with Crippen molar-refractivity contribution in [3.05, 3.63) is 99.3 Å². The van der Waals surface area contributed by atoms with Crippen LogP contribution in [0.15, 0.2) is 64.7 Å². The molecule has 0 amide bonds. The quantitative estimate of drug-likeness (QED) is 0.143. The molecular formula is C42H50N2O6Si. The zero-order valence-corrected chi connectivity index (χ0v) is 32.3. The fourth-order valence-corrected chi connectivity index (χ4v) is 9.93. The standard InChI is InChI=1S/C42H50N2O6Si/c1-10-14-25-17-18-27-20-28-21-29-22-31-35(44(6)7)37-34(40(43-49-37)48-23-26-15-12-11-13-16-26)39(47)42(31,50-51(8,9)41(3,4)5)38(46)33(29)36(45)32(28)24(2)30(27)19-25/h11-13,15-20,29,31,35,45H,10,14,21-23H2,1-9H3/t29-,31-,35-,42-/m0/s1. The topological polar surface area (TPSA) is 102 Å². The summed E-state index contributed by atoms with van der Waals surface area (Å²) in [6.45, 7) is 14.8. The molecule has 3 aromatic carbocycles. The summed E-state index contributed by atoms with van der Waals surface area (Å²) in [5.74, 6) is -1.44. The second-order valence-corrected chi connectivity index (χ2v) is 21.2. The number of rotatable bonds is 8. The highest BCUT2D eigenvalue weighted by atomic mass is 28.4. The molecule has 1 fully saturated rings. The van der Waals surface area contributed by atoms with Crippen molar-refractivity contribution >= 4 is 36.4 Å². The number of aliphatic hydroxyl groups excluding tert-OH is 1. The van der Waals surface area contributed by atoms with Crippen LogP contribution in [-0.4, -0.2) is 54.7 Å². The number of benzene rings is 3. The molecule has 1 N–H and O–H groups in total. The largest absolute Gasteiger partial charge is 0.507 e. The fraction of sp³-hybridized carbons (Fsp3) is 0.452. The van der Waals surface area contributed by atoms with E-state index in [4.69, 9.17) is 13.7 Å². The minimum atomic E-state index is -2.82. The van der Waals surface area contributed by atoms with Gasteiger partial charge in [-0.2, -0.15) is 0 Å². The van der Waals surface area contributed by atoms with Gasteiger partial charge in [0.15, 0.2) is 19.7 Å². The van der Waals surface area contributed by atoms with E-state index in [2.05, 4.69) is 70.2 Å². The third kappa shape index (κ3) is 5.51. The van der Waals surface area contributed by atoms with E-state index in [-0.39, 0.29) is 34.8 Å². The zero-order valence-electron chi connectivity index (χ0n) is 31.3. The van der Waals surface area contributed by atoms with Crippen molar-refractivity contribution in [1.82, 2.24) is 10.1 Å².